The van der Waals surface area contributed by atoms with Crippen molar-refractivity contribution in [3.63, 3.8) is 0 Å². The molecule has 2 aromatic rings. The van der Waals surface area contributed by atoms with Gasteiger partial charge in [-0.15, -0.1) is 11.3 Å². The van der Waals surface area contributed by atoms with Crippen LogP contribution in [0.25, 0.3) is 0 Å². The number of aryl methyl sites for hydroxylation is 2. The van der Waals surface area contributed by atoms with E-state index in [4.69, 9.17) is 4.98 Å². The fourth-order valence-electron chi connectivity index (χ4n) is 3.66. The number of hydrogen-bond acceptors (Lipinski definition) is 5. The fourth-order valence-corrected chi connectivity index (χ4v) is 4.21. The van der Waals surface area contributed by atoms with E-state index in [9.17, 15) is 4.79 Å². The van der Waals surface area contributed by atoms with Gasteiger partial charge in [-0.05, 0) is 37.3 Å². The first kappa shape index (κ1) is 17.4. The Morgan fingerprint density at radius 2 is 1.96 bits per heavy atom. The number of fused-ring (bicyclic) bond motifs is 1. The predicted octanol–water partition coefficient (Wildman–Crippen LogP) is 2.44. The highest BCUT2D eigenvalue weighted by molar-refractivity contribution is 7.07. The topological polar surface area (TPSA) is 61.4 Å². The van der Waals surface area contributed by atoms with Crippen molar-refractivity contribution in [2.75, 3.05) is 26.2 Å². The monoisotopic (exact) mass is 371 g/mol. The first-order valence-corrected chi connectivity index (χ1v) is 10.3. The minimum Gasteiger partial charge on any atom is -0.332 e. The van der Waals surface area contributed by atoms with Crippen LogP contribution in [0.2, 0.25) is 0 Å². The average molecular weight is 372 g/mol. The van der Waals surface area contributed by atoms with Crippen LogP contribution in [-0.4, -0.2) is 52.0 Å². The summed E-state index contributed by atoms with van der Waals surface area (Å²) in [5.74, 6) is 0. The van der Waals surface area contributed by atoms with Crippen LogP contribution in [0.5, 0.6) is 0 Å². The molecule has 26 heavy (non-hydrogen) atoms. The van der Waals surface area contributed by atoms with Crippen molar-refractivity contribution in [2.24, 2.45) is 0 Å². The Morgan fingerprint density at radius 3 is 2.77 bits per heavy atom. The van der Waals surface area contributed by atoms with Crippen molar-refractivity contribution in [1.29, 1.82) is 0 Å². The standard InChI is InChI=1S/C19H25N5OS/c25-19(20-11-16-6-5-15-3-1-2-4-18(15)22-16)24-9-7-23(8-10-24)12-17-13-26-14-21-17/h5-6,13-14H,1-4,7-12H2,(H,20,25). The lowest BCUT2D eigenvalue weighted by Gasteiger charge is -2.34. The van der Waals surface area contributed by atoms with Gasteiger partial charge in [0.05, 0.1) is 23.4 Å². The number of carbonyl (C=O) groups is 1. The Morgan fingerprint density at radius 1 is 1.12 bits per heavy atom. The van der Waals surface area contributed by atoms with E-state index >= 15 is 0 Å². The van der Waals surface area contributed by atoms with E-state index in [0.29, 0.717) is 6.54 Å². The molecule has 0 atom stereocenters. The molecule has 2 amide bonds. The van der Waals surface area contributed by atoms with Crippen molar-refractivity contribution in [3.8, 4) is 0 Å². The summed E-state index contributed by atoms with van der Waals surface area (Å²) in [4.78, 5) is 25.8. The maximum atomic E-state index is 12.4. The number of carbonyl (C=O) groups excluding carboxylic acids is 1. The smallest absolute Gasteiger partial charge is 0.317 e. The number of amides is 2. The quantitative estimate of drug-likeness (QED) is 0.897. The molecule has 0 spiro atoms. The number of nitrogens with one attached hydrogen (secondary N) is 1. The third kappa shape index (κ3) is 4.22. The molecule has 1 aliphatic heterocycles. The third-order valence-electron chi connectivity index (χ3n) is 5.19. The van der Waals surface area contributed by atoms with E-state index < -0.39 is 0 Å². The highest BCUT2D eigenvalue weighted by Crippen LogP contribution is 2.19. The van der Waals surface area contributed by atoms with Crippen molar-refractivity contribution in [2.45, 2.75) is 38.8 Å². The van der Waals surface area contributed by atoms with Gasteiger partial charge in [0.2, 0.25) is 0 Å². The molecule has 138 valence electrons. The molecule has 3 heterocycles. The van der Waals surface area contributed by atoms with E-state index in [1.54, 1.807) is 11.3 Å². The maximum Gasteiger partial charge on any atom is 0.317 e. The molecule has 0 radical (unpaired) electrons. The zero-order valence-electron chi connectivity index (χ0n) is 15.0. The molecule has 1 aliphatic carbocycles. The Kier molecular flexibility index (Phi) is 5.45. The number of rotatable bonds is 4. The van der Waals surface area contributed by atoms with E-state index in [2.05, 4.69) is 32.7 Å². The lowest BCUT2D eigenvalue weighted by Crippen LogP contribution is -2.51. The van der Waals surface area contributed by atoms with Crippen LogP contribution in [0.3, 0.4) is 0 Å². The average Bonchev–Trinajstić information content (AvgIpc) is 3.19. The second-order valence-corrected chi connectivity index (χ2v) is 7.74. The summed E-state index contributed by atoms with van der Waals surface area (Å²) in [5, 5.41) is 5.12. The van der Waals surface area contributed by atoms with Crippen LogP contribution in [0, 0.1) is 0 Å². The SMILES string of the molecule is O=C(NCc1ccc2c(n1)CCCC2)N1CCN(Cc2cscn2)CC1. The molecule has 2 aromatic heterocycles. The van der Waals surface area contributed by atoms with E-state index in [1.165, 1.54) is 24.1 Å². The Balaban J connectivity index is 1.24. The molecule has 0 saturated carbocycles. The van der Waals surface area contributed by atoms with Gasteiger partial charge in [-0.25, -0.2) is 9.78 Å². The minimum atomic E-state index is 0.0119. The number of urea groups is 1. The van der Waals surface area contributed by atoms with Crippen LogP contribution in [0.15, 0.2) is 23.0 Å². The lowest BCUT2D eigenvalue weighted by atomic mass is 9.96. The van der Waals surface area contributed by atoms with Gasteiger partial charge in [-0.3, -0.25) is 9.88 Å². The van der Waals surface area contributed by atoms with Gasteiger partial charge in [0.15, 0.2) is 0 Å². The summed E-state index contributed by atoms with van der Waals surface area (Å²) in [7, 11) is 0. The molecular weight excluding hydrogens is 346 g/mol. The summed E-state index contributed by atoms with van der Waals surface area (Å²) in [6, 6.07) is 4.24. The van der Waals surface area contributed by atoms with Crippen LogP contribution in [0.4, 0.5) is 4.79 Å². The zero-order chi connectivity index (χ0) is 17.8. The molecule has 0 unspecified atom stereocenters. The summed E-state index contributed by atoms with van der Waals surface area (Å²) in [6.45, 7) is 4.68. The number of aromatic nitrogens is 2. The van der Waals surface area contributed by atoms with Gasteiger partial charge < -0.3 is 10.2 Å². The van der Waals surface area contributed by atoms with Gasteiger partial charge in [-0.2, -0.15) is 0 Å². The highest BCUT2D eigenvalue weighted by Gasteiger charge is 2.21. The maximum absolute atomic E-state index is 12.4. The molecule has 4 rings (SSSR count). The van der Waals surface area contributed by atoms with Gasteiger partial charge in [0.25, 0.3) is 0 Å². The van der Waals surface area contributed by atoms with Gasteiger partial charge in [0.1, 0.15) is 0 Å². The van der Waals surface area contributed by atoms with Crippen LogP contribution in [0.1, 0.15) is 35.5 Å². The second kappa shape index (κ2) is 8.14. The van der Waals surface area contributed by atoms with E-state index in [0.717, 1.165) is 57.0 Å². The zero-order valence-corrected chi connectivity index (χ0v) is 15.8. The normalized spacial score (nSPS) is 17.8. The fraction of sp³-hybridized carbons (Fsp3) is 0.526. The Hall–Kier alpha value is -1.99. The minimum absolute atomic E-state index is 0.0119. The van der Waals surface area contributed by atoms with Crippen LogP contribution >= 0.6 is 11.3 Å². The van der Waals surface area contributed by atoms with E-state index in [1.807, 2.05) is 10.4 Å². The first-order valence-electron chi connectivity index (χ1n) is 9.38. The van der Waals surface area contributed by atoms with Crippen LogP contribution < -0.4 is 5.32 Å². The van der Waals surface area contributed by atoms with Gasteiger partial charge >= 0.3 is 6.03 Å². The first-order chi connectivity index (χ1) is 12.8. The molecule has 0 bridgehead atoms. The molecule has 7 heteroatoms. The summed E-state index contributed by atoms with van der Waals surface area (Å²) in [5.41, 5.74) is 6.54. The molecule has 0 aromatic carbocycles. The molecule has 1 fully saturated rings. The number of piperazine rings is 1. The molecule has 6 nitrogen and oxygen atoms in total. The largest absolute Gasteiger partial charge is 0.332 e. The molecule has 2 aliphatic rings. The van der Waals surface area contributed by atoms with Gasteiger partial charge in [-0.1, -0.05) is 6.07 Å². The summed E-state index contributed by atoms with van der Waals surface area (Å²) >= 11 is 1.63. The van der Waals surface area contributed by atoms with Crippen LogP contribution in [-0.2, 0) is 25.9 Å². The summed E-state index contributed by atoms with van der Waals surface area (Å²) < 4.78 is 0. The third-order valence-corrected chi connectivity index (χ3v) is 5.82. The van der Waals surface area contributed by atoms with E-state index in [-0.39, 0.29) is 6.03 Å². The van der Waals surface area contributed by atoms with Crippen molar-refractivity contribution < 1.29 is 4.79 Å². The number of thiazole rings is 1. The summed E-state index contributed by atoms with van der Waals surface area (Å²) in [6.07, 6.45) is 4.69. The van der Waals surface area contributed by atoms with Crippen molar-refractivity contribution in [3.05, 3.63) is 45.7 Å². The Labute approximate surface area is 158 Å². The number of pyridine rings is 1. The molecular formula is C19H25N5OS. The predicted molar refractivity (Wildman–Crippen MR) is 102 cm³/mol. The molecule has 1 N–H and O–H groups in total. The van der Waals surface area contributed by atoms with Gasteiger partial charge in [0, 0.05) is 43.8 Å². The number of nitrogens with zero attached hydrogens (tertiary/aromatic N) is 4. The van der Waals surface area contributed by atoms with Crippen molar-refractivity contribution >= 4 is 17.4 Å². The molecule has 1 saturated heterocycles. The number of hydrogen-bond donors (Lipinski definition) is 1. The second-order valence-electron chi connectivity index (χ2n) is 7.02. The Bertz CT molecular complexity index is 740. The lowest BCUT2D eigenvalue weighted by molar-refractivity contribution is 0.134. The highest BCUT2D eigenvalue weighted by atomic mass is 32.1. The van der Waals surface area contributed by atoms with Crippen molar-refractivity contribution in [1.82, 2.24) is 25.1 Å².